The summed E-state index contributed by atoms with van der Waals surface area (Å²) in [5.74, 6) is -0.000249. The maximum absolute atomic E-state index is 13.0. The number of aromatic nitrogens is 1. The molecule has 0 aliphatic carbocycles. The van der Waals surface area contributed by atoms with Gasteiger partial charge in [-0.25, -0.2) is 16.8 Å². The molecule has 0 saturated carbocycles. The van der Waals surface area contributed by atoms with Crippen LogP contribution in [0.4, 0.5) is 11.7 Å². The average molecular weight is 464 g/mol. The van der Waals surface area contributed by atoms with Crippen LogP contribution in [-0.4, -0.2) is 45.0 Å². The summed E-state index contributed by atoms with van der Waals surface area (Å²) in [5, 5.41) is 2.98. The minimum atomic E-state index is -3.57. The Hall–Kier alpha value is -2.43. The molecule has 1 aliphatic heterocycles. The minimum Gasteiger partial charge on any atom is -0.423 e. The van der Waals surface area contributed by atoms with Crippen molar-refractivity contribution < 1.29 is 21.3 Å². The van der Waals surface area contributed by atoms with E-state index in [9.17, 15) is 16.8 Å². The van der Waals surface area contributed by atoms with Crippen LogP contribution in [0.15, 0.2) is 56.7 Å². The minimum absolute atomic E-state index is 0.000249. The number of hydrogen-bond acceptors (Lipinski definition) is 7. The molecule has 0 atom stereocenters. The van der Waals surface area contributed by atoms with E-state index in [1.807, 2.05) is 0 Å². The standard InChI is InChI=1S/C21H25N3O5S2/c1-2-30(25,26)17-10-11-20-19(15-17)23-21(29-20)22-16-8-7-9-18(14-16)31(27,28)24-12-5-3-4-6-13-24/h7-11,14-15H,2-6,12-13H2,1H3,(H,22,23). The molecular formula is C21H25N3O5S2. The topological polar surface area (TPSA) is 110 Å². The summed E-state index contributed by atoms with van der Waals surface area (Å²) in [4.78, 5) is 4.71. The number of nitrogens with zero attached hydrogens (tertiary/aromatic N) is 2. The first kappa shape index (κ1) is 21.8. The van der Waals surface area contributed by atoms with Crippen molar-refractivity contribution >= 4 is 42.7 Å². The van der Waals surface area contributed by atoms with E-state index in [0.29, 0.717) is 29.9 Å². The summed E-state index contributed by atoms with van der Waals surface area (Å²) in [7, 11) is -6.92. The Balaban J connectivity index is 1.59. The summed E-state index contributed by atoms with van der Waals surface area (Å²) in [6, 6.07) is 11.2. The van der Waals surface area contributed by atoms with Crippen molar-refractivity contribution in [3.8, 4) is 0 Å². The van der Waals surface area contributed by atoms with Gasteiger partial charge in [0.1, 0.15) is 5.52 Å². The van der Waals surface area contributed by atoms with Gasteiger partial charge in [-0.15, -0.1) is 0 Å². The predicted octanol–water partition coefficient (Wildman–Crippen LogP) is 3.93. The van der Waals surface area contributed by atoms with E-state index in [2.05, 4.69) is 10.3 Å². The van der Waals surface area contributed by atoms with E-state index in [-0.39, 0.29) is 21.6 Å². The highest BCUT2D eigenvalue weighted by molar-refractivity contribution is 7.91. The number of nitrogens with one attached hydrogen (secondary N) is 1. The highest BCUT2D eigenvalue weighted by Crippen LogP contribution is 2.27. The van der Waals surface area contributed by atoms with Gasteiger partial charge in [-0.2, -0.15) is 9.29 Å². The number of rotatable bonds is 6. The second-order valence-electron chi connectivity index (χ2n) is 7.52. The molecule has 3 aromatic rings. The van der Waals surface area contributed by atoms with E-state index >= 15 is 0 Å². The molecule has 166 valence electrons. The summed E-state index contributed by atoms with van der Waals surface area (Å²) >= 11 is 0. The number of sulfone groups is 1. The van der Waals surface area contributed by atoms with E-state index < -0.39 is 19.9 Å². The maximum atomic E-state index is 13.0. The fraction of sp³-hybridized carbons (Fsp3) is 0.381. The van der Waals surface area contributed by atoms with E-state index in [1.165, 1.54) is 12.1 Å². The van der Waals surface area contributed by atoms with Crippen LogP contribution in [-0.2, 0) is 19.9 Å². The van der Waals surface area contributed by atoms with Gasteiger partial charge in [0.2, 0.25) is 10.0 Å². The number of anilines is 2. The zero-order valence-electron chi connectivity index (χ0n) is 17.2. The van der Waals surface area contributed by atoms with Crippen molar-refractivity contribution in [3.05, 3.63) is 42.5 Å². The van der Waals surface area contributed by atoms with Crippen LogP contribution in [0.1, 0.15) is 32.6 Å². The van der Waals surface area contributed by atoms with Crippen molar-refractivity contribution in [2.75, 3.05) is 24.2 Å². The van der Waals surface area contributed by atoms with Crippen LogP contribution >= 0.6 is 0 Å². The second-order valence-corrected chi connectivity index (χ2v) is 11.7. The molecule has 0 amide bonds. The molecule has 0 radical (unpaired) electrons. The highest BCUT2D eigenvalue weighted by Gasteiger charge is 2.25. The molecule has 1 N–H and O–H groups in total. The van der Waals surface area contributed by atoms with Gasteiger partial charge in [-0.1, -0.05) is 25.8 Å². The average Bonchev–Trinajstić information content (AvgIpc) is 2.95. The van der Waals surface area contributed by atoms with E-state index in [1.54, 1.807) is 41.6 Å². The van der Waals surface area contributed by atoms with Crippen molar-refractivity contribution in [1.29, 1.82) is 0 Å². The molecule has 1 aliphatic rings. The van der Waals surface area contributed by atoms with Gasteiger partial charge in [-0.3, -0.25) is 0 Å². The van der Waals surface area contributed by atoms with Gasteiger partial charge in [-0.05, 0) is 49.2 Å². The lowest BCUT2D eigenvalue weighted by molar-refractivity contribution is 0.424. The SMILES string of the molecule is CCS(=O)(=O)c1ccc2oc(Nc3cccc(S(=O)(=O)N4CCCCCC4)c3)nc2c1. The van der Waals surface area contributed by atoms with Gasteiger partial charge in [0.25, 0.3) is 6.01 Å². The number of hydrogen-bond donors (Lipinski definition) is 1. The smallest absolute Gasteiger partial charge is 0.300 e. The summed E-state index contributed by atoms with van der Waals surface area (Å²) in [5.41, 5.74) is 1.36. The summed E-state index contributed by atoms with van der Waals surface area (Å²) < 4.78 is 57.5. The van der Waals surface area contributed by atoms with Crippen molar-refractivity contribution in [2.45, 2.75) is 42.4 Å². The third-order valence-corrected chi connectivity index (χ3v) is 9.01. The quantitative estimate of drug-likeness (QED) is 0.590. The number of sulfonamides is 1. The van der Waals surface area contributed by atoms with Gasteiger partial charge >= 0.3 is 0 Å². The highest BCUT2D eigenvalue weighted by atomic mass is 32.2. The third kappa shape index (κ3) is 4.60. The normalized spacial score (nSPS) is 16.3. The maximum Gasteiger partial charge on any atom is 0.300 e. The fourth-order valence-electron chi connectivity index (χ4n) is 3.61. The Labute approximate surface area is 182 Å². The number of fused-ring (bicyclic) bond motifs is 1. The molecule has 8 nitrogen and oxygen atoms in total. The molecular weight excluding hydrogens is 438 g/mol. The molecule has 1 saturated heterocycles. The van der Waals surface area contributed by atoms with Crippen LogP contribution in [0, 0.1) is 0 Å². The van der Waals surface area contributed by atoms with Crippen LogP contribution in [0.25, 0.3) is 11.1 Å². The third-order valence-electron chi connectivity index (χ3n) is 5.39. The fourth-order valence-corrected chi connectivity index (χ4v) is 6.07. The monoisotopic (exact) mass is 463 g/mol. The summed E-state index contributed by atoms with van der Waals surface area (Å²) in [6.07, 6.45) is 3.84. The molecule has 31 heavy (non-hydrogen) atoms. The first-order chi connectivity index (χ1) is 14.8. The predicted molar refractivity (Wildman–Crippen MR) is 119 cm³/mol. The molecule has 2 heterocycles. The van der Waals surface area contributed by atoms with Gasteiger partial charge in [0.15, 0.2) is 15.4 Å². The zero-order chi connectivity index (χ0) is 22.1. The Morgan fingerprint density at radius 2 is 1.71 bits per heavy atom. The van der Waals surface area contributed by atoms with Gasteiger partial charge < -0.3 is 9.73 Å². The van der Waals surface area contributed by atoms with E-state index in [0.717, 1.165) is 25.7 Å². The van der Waals surface area contributed by atoms with Gasteiger partial charge in [0.05, 0.1) is 15.5 Å². The lowest BCUT2D eigenvalue weighted by atomic mass is 10.2. The Morgan fingerprint density at radius 1 is 0.968 bits per heavy atom. The molecule has 0 unspecified atom stereocenters. The lowest BCUT2D eigenvalue weighted by Gasteiger charge is -2.20. The molecule has 0 bridgehead atoms. The molecule has 1 aromatic heterocycles. The molecule has 4 rings (SSSR count). The number of benzene rings is 2. The van der Waals surface area contributed by atoms with Crippen molar-refractivity contribution in [2.24, 2.45) is 0 Å². The van der Waals surface area contributed by atoms with Crippen molar-refractivity contribution in [1.82, 2.24) is 9.29 Å². The van der Waals surface area contributed by atoms with Crippen LogP contribution in [0.3, 0.4) is 0 Å². The Morgan fingerprint density at radius 3 is 2.42 bits per heavy atom. The first-order valence-corrected chi connectivity index (χ1v) is 13.4. The Bertz CT molecular complexity index is 1290. The molecule has 10 heteroatoms. The molecule has 0 spiro atoms. The van der Waals surface area contributed by atoms with Crippen LogP contribution < -0.4 is 5.32 Å². The first-order valence-electron chi connectivity index (χ1n) is 10.3. The van der Waals surface area contributed by atoms with Crippen LogP contribution in [0.2, 0.25) is 0 Å². The zero-order valence-corrected chi connectivity index (χ0v) is 18.9. The molecule has 2 aromatic carbocycles. The number of oxazole rings is 1. The molecule has 1 fully saturated rings. The van der Waals surface area contributed by atoms with Gasteiger partial charge in [0, 0.05) is 18.8 Å². The van der Waals surface area contributed by atoms with Crippen LogP contribution in [0.5, 0.6) is 0 Å². The second kappa shape index (κ2) is 8.60. The summed E-state index contributed by atoms with van der Waals surface area (Å²) in [6.45, 7) is 2.66. The van der Waals surface area contributed by atoms with E-state index in [4.69, 9.17) is 4.42 Å². The Kier molecular flexibility index (Phi) is 6.05. The largest absolute Gasteiger partial charge is 0.423 e. The van der Waals surface area contributed by atoms with Crippen molar-refractivity contribution in [3.63, 3.8) is 0 Å². The lowest BCUT2D eigenvalue weighted by Crippen LogP contribution is -2.31.